The third-order valence-corrected chi connectivity index (χ3v) is 7.83. The maximum atomic E-state index is 12.5. The summed E-state index contributed by atoms with van der Waals surface area (Å²) in [5, 5.41) is 20.1. The maximum Gasteiger partial charge on any atom is 0.337 e. The molecule has 1 N–H and O–H groups in total. The molecule has 0 unspecified atom stereocenters. The Labute approximate surface area is 209 Å². The summed E-state index contributed by atoms with van der Waals surface area (Å²) in [5.41, 5.74) is -0.941. The molecule has 194 valence electrons. The summed E-state index contributed by atoms with van der Waals surface area (Å²) in [6.45, 7) is 11.0. The number of sulfone groups is 1. The molecule has 0 bridgehead atoms. The van der Waals surface area contributed by atoms with Crippen LogP contribution in [0.15, 0.2) is 58.3 Å². The number of quaternary nitrogens is 1. The average molecular weight is 506 g/mol. The lowest BCUT2D eigenvalue weighted by molar-refractivity contribution is -0.910. The molecule has 0 heterocycles. The van der Waals surface area contributed by atoms with Gasteiger partial charge in [-0.1, -0.05) is 70.4 Å². The zero-order valence-electron chi connectivity index (χ0n) is 21.3. The third kappa shape index (κ3) is 9.11. The highest BCUT2D eigenvalue weighted by atomic mass is 32.2. The van der Waals surface area contributed by atoms with E-state index in [0.717, 1.165) is 24.3 Å². The van der Waals surface area contributed by atoms with Gasteiger partial charge in [0.15, 0.2) is 0 Å². The van der Waals surface area contributed by atoms with Crippen LogP contribution in [0, 0.1) is 0 Å². The highest BCUT2D eigenvalue weighted by molar-refractivity contribution is 7.91. The Bertz CT molecular complexity index is 980. The van der Waals surface area contributed by atoms with Crippen molar-refractivity contribution in [1.29, 1.82) is 0 Å². The zero-order chi connectivity index (χ0) is 26.5. The predicted molar refractivity (Wildman–Crippen MR) is 135 cm³/mol. The molecule has 2 aromatic carbocycles. The zero-order valence-corrected chi connectivity index (χ0v) is 22.1. The van der Waals surface area contributed by atoms with Gasteiger partial charge < -0.3 is 19.5 Å². The standard InChI is InChI=1S/C14H10O6S.C13H30N/c15-13(16)9-5-1-3-7-11(9)21(19,20)12-8-4-2-6-10(12)14(17)18;1-5-8-11-14(4,12-9-6-2)13-10-7-3/h1-8H,(H,15,16)(H,17,18);5-13H2,1-4H3/q;+1/p-1. The van der Waals surface area contributed by atoms with Gasteiger partial charge in [-0.25, -0.2) is 13.2 Å². The van der Waals surface area contributed by atoms with Crippen LogP contribution in [0.3, 0.4) is 0 Å². The summed E-state index contributed by atoms with van der Waals surface area (Å²) in [6.07, 6.45) is 8.20. The summed E-state index contributed by atoms with van der Waals surface area (Å²) < 4.78 is 26.4. The second kappa shape index (κ2) is 14.6. The number of carbonyl (C=O) groups excluding carboxylic acids is 1. The van der Waals surface area contributed by atoms with Crippen molar-refractivity contribution in [3.05, 3.63) is 59.7 Å². The fourth-order valence-corrected chi connectivity index (χ4v) is 5.46. The second-order valence-corrected chi connectivity index (χ2v) is 10.8. The fraction of sp³-hybridized carbons (Fsp3) is 0.481. The molecule has 0 fully saturated rings. The topological polar surface area (TPSA) is 112 Å². The first-order valence-corrected chi connectivity index (χ1v) is 13.7. The largest absolute Gasteiger partial charge is 0.545 e. The quantitative estimate of drug-likeness (QED) is 0.404. The first-order valence-electron chi connectivity index (χ1n) is 12.2. The van der Waals surface area contributed by atoms with Crippen LogP contribution in [0.25, 0.3) is 0 Å². The molecule has 0 saturated heterocycles. The lowest BCUT2D eigenvalue weighted by Crippen LogP contribution is -2.46. The first-order chi connectivity index (χ1) is 16.5. The van der Waals surface area contributed by atoms with E-state index in [4.69, 9.17) is 5.11 Å². The van der Waals surface area contributed by atoms with Gasteiger partial charge in [-0.2, -0.15) is 0 Å². The molecular weight excluding hydrogens is 466 g/mol. The minimum atomic E-state index is -4.29. The summed E-state index contributed by atoms with van der Waals surface area (Å²) in [5.74, 6) is -3.07. The van der Waals surface area contributed by atoms with E-state index in [2.05, 4.69) is 27.8 Å². The van der Waals surface area contributed by atoms with Gasteiger partial charge in [0.1, 0.15) is 0 Å². The molecule has 0 saturated carbocycles. The van der Waals surface area contributed by atoms with E-state index in [1.165, 1.54) is 86.9 Å². The number of nitrogens with zero attached hydrogens (tertiary/aromatic N) is 1. The number of aromatic carboxylic acids is 2. The Hall–Kier alpha value is -2.71. The Balaban J connectivity index is 0.000000383. The van der Waals surface area contributed by atoms with Gasteiger partial charge in [0.25, 0.3) is 0 Å². The lowest BCUT2D eigenvalue weighted by Gasteiger charge is -2.34. The smallest absolute Gasteiger partial charge is 0.337 e. The molecule has 0 aliphatic heterocycles. The number of carboxylic acid groups (broad SMARTS) is 2. The molecule has 0 aliphatic rings. The minimum absolute atomic E-state index is 0.425. The Kier molecular flexibility index (Phi) is 12.7. The van der Waals surface area contributed by atoms with E-state index >= 15 is 0 Å². The monoisotopic (exact) mass is 505 g/mol. The predicted octanol–water partition coefficient (Wildman–Crippen LogP) is 4.41. The minimum Gasteiger partial charge on any atom is -0.545 e. The summed E-state index contributed by atoms with van der Waals surface area (Å²) in [7, 11) is -1.85. The number of carbonyl (C=O) groups is 2. The summed E-state index contributed by atoms with van der Waals surface area (Å²) >= 11 is 0. The molecule has 0 spiro atoms. The van der Waals surface area contributed by atoms with Crippen LogP contribution in [0.1, 0.15) is 80.0 Å². The summed E-state index contributed by atoms with van der Waals surface area (Å²) in [6, 6.07) is 9.89. The molecule has 8 heteroatoms. The Morgan fingerprint density at radius 1 is 0.771 bits per heavy atom. The Morgan fingerprint density at radius 3 is 1.51 bits per heavy atom. The second-order valence-electron chi connectivity index (χ2n) is 8.94. The molecule has 0 aliphatic carbocycles. The highest BCUT2D eigenvalue weighted by Gasteiger charge is 2.26. The van der Waals surface area contributed by atoms with Crippen LogP contribution in [0.5, 0.6) is 0 Å². The normalized spacial score (nSPS) is 11.4. The molecule has 0 radical (unpaired) electrons. The van der Waals surface area contributed by atoms with E-state index in [9.17, 15) is 23.1 Å². The van der Waals surface area contributed by atoms with Crippen molar-refractivity contribution < 1.29 is 32.7 Å². The molecule has 7 nitrogen and oxygen atoms in total. The number of carboxylic acids is 2. The van der Waals surface area contributed by atoms with Gasteiger partial charge >= 0.3 is 5.97 Å². The van der Waals surface area contributed by atoms with E-state index in [0.29, 0.717) is 0 Å². The molecule has 35 heavy (non-hydrogen) atoms. The van der Waals surface area contributed by atoms with Gasteiger partial charge in [0.05, 0.1) is 48.0 Å². The van der Waals surface area contributed by atoms with Crippen molar-refractivity contribution in [2.24, 2.45) is 0 Å². The van der Waals surface area contributed by atoms with Gasteiger partial charge in [-0.05, 0) is 37.5 Å². The fourth-order valence-electron chi connectivity index (χ4n) is 3.82. The van der Waals surface area contributed by atoms with Gasteiger partial charge in [-0.3, -0.25) is 0 Å². The third-order valence-electron chi connectivity index (χ3n) is 5.96. The molecule has 2 rings (SSSR count). The first kappa shape index (κ1) is 30.3. The van der Waals surface area contributed by atoms with Gasteiger partial charge in [-0.15, -0.1) is 0 Å². The molecule has 0 aromatic heterocycles. The van der Waals surface area contributed by atoms with Crippen molar-refractivity contribution in [3.8, 4) is 0 Å². The molecule has 0 amide bonds. The Morgan fingerprint density at radius 2 is 1.14 bits per heavy atom. The van der Waals surface area contributed by atoms with Crippen molar-refractivity contribution in [1.82, 2.24) is 0 Å². The van der Waals surface area contributed by atoms with Crippen molar-refractivity contribution >= 4 is 21.8 Å². The van der Waals surface area contributed by atoms with E-state index in [-0.39, 0.29) is 0 Å². The molecular formula is C27H39NO6S. The highest BCUT2D eigenvalue weighted by Crippen LogP contribution is 2.26. The van der Waals surface area contributed by atoms with E-state index in [1.54, 1.807) is 0 Å². The maximum absolute atomic E-state index is 12.5. The van der Waals surface area contributed by atoms with E-state index in [1.807, 2.05) is 0 Å². The lowest BCUT2D eigenvalue weighted by atomic mass is 10.2. The molecule has 2 aromatic rings. The van der Waals surface area contributed by atoms with E-state index < -0.39 is 42.7 Å². The van der Waals surface area contributed by atoms with Crippen LogP contribution in [0.2, 0.25) is 0 Å². The summed E-state index contributed by atoms with van der Waals surface area (Å²) in [4.78, 5) is 21.2. The van der Waals surface area contributed by atoms with Crippen LogP contribution < -0.4 is 5.11 Å². The van der Waals surface area contributed by atoms with Gasteiger partial charge in [0.2, 0.25) is 9.84 Å². The number of unbranched alkanes of at least 4 members (excludes halogenated alkanes) is 3. The number of benzene rings is 2. The van der Waals surface area contributed by atoms with Crippen LogP contribution >= 0.6 is 0 Å². The molecule has 0 atom stereocenters. The van der Waals surface area contributed by atoms with Crippen LogP contribution in [-0.4, -0.2) is 56.6 Å². The average Bonchev–Trinajstić information content (AvgIpc) is 2.85. The van der Waals surface area contributed by atoms with Crippen molar-refractivity contribution in [3.63, 3.8) is 0 Å². The SMILES string of the molecule is CCCC[N+](C)(CCCC)CCCC.O=C([O-])c1ccccc1S(=O)(=O)c1ccccc1C(=O)O. The van der Waals surface area contributed by atoms with Crippen molar-refractivity contribution in [2.45, 2.75) is 69.1 Å². The number of hydrogen-bond donors (Lipinski definition) is 1. The van der Waals surface area contributed by atoms with Crippen LogP contribution in [-0.2, 0) is 9.84 Å². The van der Waals surface area contributed by atoms with Crippen LogP contribution in [0.4, 0.5) is 0 Å². The number of hydrogen-bond acceptors (Lipinski definition) is 5. The van der Waals surface area contributed by atoms with Gasteiger partial charge in [0, 0.05) is 5.56 Å². The number of rotatable bonds is 13. The van der Waals surface area contributed by atoms with Crippen molar-refractivity contribution in [2.75, 3.05) is 26.7 Å².